The van der Waals surface area contributed by atoms with Crippen LogP contribution >= 0.6 is 0 Å². The topological polar surface area (TPSA) is 113 Å². The molecule has 0 fully saturated rings. The number of ether oxygens (including phenoxy) is 1. The van der Waals surface area contributed by atoms with Crippen LogP contribution in [0.3, 0.4) is 0 Å². The van der Waals surface area contributed by atoms with E-state index in [0.717, 1.165) is 34.2 Å². The van der Waals surface area contributed by atoms with Crippen molar-refractivity contribution in [2.24, 2.45) is 5.10 Å². The van der Waals surface area contributed by atoms with Gasteiger partial charge in [0.2, 0.25) is 0 Å². The first-order valence-electron chi connectivity index (χ1n) is 9.43. The lowest BCUT2D eigenvalue weighted by atomic mass is 10.2. The molecular weight excluding hydrogens is 390 g/mol. The Bertz CT molecular complexity index is 1270. The Labute approximate surface area is 181 Å². The Balaban J connectivity index is 0.00000193. The van der Waals surface area contributed by atoms with Gasteiger partial charge in [-0.2, -0.15) is 10.4 Å². The molecule has 3 N–H and O–H groups in total. The lowest BCUT2D eigenvalue weighted by Gasteiger charge is -2.13. The number of nitrogens with one attached hydrogen (secondary N) is 3. The number of H-pyrrole nitrogens is 1. The van der Waals surface area contributed by atoms with E-state index >= 15 is 0 Å². The molecule has 0 aliphatic carbocycles. The highest BCUT2D eigenvalue weighted by Crippen LogP contribution is 2.24. The second-order valence-electron chi connectivity index (χ2n) is 6.66. The second-order valence-corrected chi connectivity index (χ2v) is 6.66. The van der Waals surface area contributed by atoms with Crippen molar-refractivity contribution in [3.8, 4) is 11.8 Å². The van der Waals surface area contributed by atoms with Crippen LogP contribution < -0.4 is 15.1 Å². The normalized spacial score (nSPS) is 10.3. The molecule has 31 heavy (non-hydrogen) atoms. The fourth-order valence-corrected chi connectivity index (χ4v) is 3.09. The van der Waals surface area contributed by atoms with Crippen LogP contribution in [0.1, 0.15) is 14.1 Å². The molecule has 0 bridgehead atoms. The van der Waals surface area contributed by atoms with Gasteiger partial charge in [0.05, 0.1) is 5.69 Å². The molecule has 0 aliphatic heterocycles. The van der Waals surface area contributed by atoms with Gasteiger partial charge in [-0.15, -0.1) is 0 Å². The van der Waals surface area contributed by atoms with Gasteiger partial charge in [0.1, 0.15) is 36.3 Å². The quantitative estimate of drug-likeness (QED) is 0.207. The fraction of sp³-hybridized carbons (Fsp3) is 0.0435. The highest BCUT2D eigenvalue weighted by atomic mass is 16.5. The van der Waals surface area contributed by atoms with Gasteiger partial charge in [-0.1, -0.05) is 18.2 Å². The predicted octanol–water partition coefficient (Wildman–Crippen LogP) is 5.28. The molecule has 0 spiro atoms. The van der Waals surface area contributed by atoms with E-state index in [2.05, 4.69) is 33.2 Å². The van der Waals surface area contributed by atoms with Gasteiger partial charge in [-0.05, 0) is 41.3 Å². The first-order chi connectivity index (χ1) is 15.2. The van der Waals surface area contributed by atoms with E-state index in [9.17, 15) is 5.26 Å². The maximum Gasteiger partial charge on any atom is 0.146 e. The molecule has 0 radical (unpaired) electrons. The number of pyridine rings is 1. The average molecular weight is 413 g/mol. The van der Waals surface area contributed by atoms with Crippen LogP contribution in [0.15, 0.2) is 72.0 Å². The summed E-state index contributed by atoms with van der Waals surface area (Å²) in [6, 6.07) is 20.8. The zero-order valence-electron chi connectivity index (χ0n) is 16.5. The minimum absolute atomic E-state index is 0. The fourth-order valence-electron chi connectivity index (χ4n) is 3.09. The Hall–Kier alpha value is -4.64. The van der Waals surface area contributed by atoms with E-state index in [4.69, 9.17) is 10.1 Å². The summed E-state index contributed by atoms with van der Waals surface area (Å²) >= 11 is 0. The lowest BCUT2D eigenvalue weighted by molar-refractivity contribution is 0.306. The number of benzene rings is 2. The van der Waals surface area contributed by atoms with E-state index < -0.39 is 0 Å². The van der Waals surface area contributed by atoms with E-state index in [1.54, 1.807) is 12.1 Å². The highest BCUT2D eigenvalue weighted by molar-refractivity contribution is 5.83. The number of fused-ring (bicyclic) bond motifs is 1. The summed E-state index contributed by atoms with van der Waals surface area (Å²) in [5.41, 5.74) is 3.78. The summed E-state index contributed by atoms with van der Waals surface area (Å²) < 4.78 is 5.89. The minimum atomic E-state index is 0. The molecule has 0 amide bonds. The maximum atomic E-state index is 9.34. The molecule has 156 valence electrons. The number of nitrogens with zero attached hydrogens (tertiary/aromatic N) is 4. The zero-order valence-corrected chi connectivity index (χ0v) is 16.5. The summed E-state index contributed by atoms with van der Waals surface area (Å²) in [5, 5.41) is 26.1. The Morgan fingerprint density at radius 2 is 2.06 bits per heavy atom. The van der Waals surface area contributed by atoms with Crippen LogP contribution in [0, 0.1) is 16.7 Å². The van der Waals surface area contributed by atoms with Crippen molar-refractivity contribution in [3.63, 3.8) is 0 Å². The van der Waals surface area contributed by atoms with Crippen LogP contribution in [-0.2, 0) is 6.61 Å². The van der Waals surface area contributed by atoms with Crippen LogP contribution in [-0.4, -0.2) is 23.0 Å². The van der Waals surface area contributed by atoms with Gasteiger partial charge < -0.3 is 15.0 Å². The van der Waals surface area contributed by atoms with Crippen LogP contribution in [0.2, 0.25) is 0 Å². The molecule has 0 saturated heterocycles. The zero-order chi connectivity index (χ0) is 21.6. The predicted molar refractivity (Wildman–Crippen MR) is 126 cm³/mol. The summed E-state index contributed by atoms with van der Waals surface area (Å²) in [4.78, 5) is 7.49. The Kier molecular flexibility index (Phi) is 5.58. The third-order valence-electron chi connectivity index (χ3n) is 4.62. The highest BCUT2D eigenvalue weighted by Gasteiger charge is 2.07. The standard InChI is InChI=1S/C23H19N7O.2H2/c1-26-30(15-25)20-6-2-16(3-7-20)14-31-21-10-19(13-24)29-23(12-21)28-18-5-4-17-8-9-27-22(17)11-18;;/h2-12,15,25,27H,1,14H2,(H,28,29);2*1H. The smallest absolute Gasteiger partial charge is 0.146 e. The monoisotopic (exact) mass is 413 g/mol. The number of rotatable bonds is 8. The third-order valence-corrected chi connectivity index (χ3v) is 4.62. The SMILES string of the molecule is C=NN(C=N)c1ccc(COc2cc(C#N)nc(Nc3ccc4cc[nH]c4c3)c2)cc1.[HH].[HH]. The van der Waals surface area contributed by atoms with Crippen molar-refractivity contribution in [2.75, 3.05) is 10.3 Å². The molecule has 2 aromatic carbocycles. The molecule has 0 saturated carbocycles. The molecule has 4 rings (SSSR count). The second kappa shape index (κ2) is 8.80. The number of aromatic amines is 1. The molecule has 0 unspecified atom stereocenters. The maximum absolute atomic E-state index is 9.34. The van der Waals surface area contributed by atoms with Crippen molar-refractivity contribution >= 4 is 41.2 Å². The van der Waals surface area contributed by atoms with Crippen molar-refractivity contribution in [1.29, 1.82) is 10.7 Å². The van der Waals surface area contributed by atoms with Crippen LogP contribution in [0.5, 0.6) is 5.75 Å². The molecule has 2 heterocycles. The number of anilines is 3. The van der Waals surface area contributed by atoms with Crippen molar-refractivity contribution in [2.45, 2.75) is 6.61 Å². The van der Waals surface area contributed by atoms with Gasteiger partial charge in [-0.25, -0.2) is 9.99 Å². The van der Waals surface area contributed by atoms with Crippen molar-refractivity contribution < 1.29 is 7.59 Å². The van der Waals surface area contributed by atoms with Gasteiger partial charge >= 0.3 is 0 Å². The summed E-state index contributed by atoms with van der Waals surface area (Å²) in [5.74, 6) is 1.06. The summed E-state index contributed by atoms with van der Waals surface area (Å²) in [6.45, 7) is 3.75. The minimum Gasteiger partial charge on any atom is -0.489 e. The summed E-state index contributed by atoms with van der Waals surface area (Å²) in [6.07, 6.45) is 2.97. The van der Waals surface area contributed by atoms with Crippen molar-refractivity contribution in [3.05, 3.63) is 78.1 Å². The number of aromatic nitrogens is 2. The largest absolute Gasteiger partial charge is 0.489 e. The molecule has 8 heteroatoms. The van der Waals surface area contributed by atoms with Crippen LogP contribution in [0.25, 0.3) is 10.9 Å². The Morgan fingerprint density at radius 1 is 1.23 bits per heavy atom. The van der Waals surface area contributed by atoms with E-state index in [-0.39, 0.29) is 8.55 Å². The van der Waals surface area contributed by atoms with Crippen molar-refractivity contribution in [1.82, 2.24) is 9.97 Å². The molecular formula is C23H23N7O. The number of nitriles is 1. The molecule has 0 aliphatic rings. The molecule has 2 aromatic heterocycles. The molecule has 0 atom stereocenters. The van der Waals surface area contributed by atoms with Crippen LogP contribution in [0.4, 0.5) is 17.2 Å². The first kappa shape index (κ1) is 19.7. The van der Waals surface area contributed by atoms with E-state index in [1.807, 2.05) is 54.7 Å². The number of hydrogen-bond acceptors (Lipinski definition) is 6. The van der Waals surface area contributed by atoms with Gasteiger partial charge in [0.15, 0.2) is 0 Å². The third kappa shape index (κ3) is 4.52. The van der Waals surface area contributed by atoms with Gasteiger partial charge in [0.25, 0.3) is 0 Å². The van der Waals surface area contributed by atoms with Gasteiger partial charge in [0, 0.05) is 39.1 Å². The first-order valence-corrected chi connectivity index (χ1v) is 9.43. The number of hydrogen-bond donors (Lipinski definition) is 3. The number of hydrazone groups is 1. The van der Waals surface area contributed by atoms with E-state index in [1.165, 1.54) is 5.01 Å². The van der Waals surface area contributed by atoms with Gasteiger partial charge in [-0.3, -0.25) is 5.41 Å². The molecule has 4 aromatic rings. The Morgan fingerprint density at radius 3 is 2.81 bits per heavy atom. The lowest BCUT2D eigenvalue weighted by Crippen LogP contribution is -2.11. The average Bonchev–Trinajstić information content (AvgIpc) is 3.27. The molecule has 8 nitrogen and oxygen atoms in total. The summed E-state index contributed by atoms with van der Waals surface area (Å²) in [7, 11) is 0. The van der Waals surface area contributed by atoms with E-state index in [0.29, 0.717) is 18.2 Å².